The molecule has 1 amide bonds. The van der Waals surface area contributed by atoms with Crippen molar-refractivity contribution in [3.05, 3.63) is 68.7 Å². The van der Waals surface area contributed by atoms with Gasteiger partial charge in [0.25, 0.3) is 5.91 Å². The molecule has 5 heterocycles. The van der Waals surface area contributed by atoms with Gasteiger partial charge in [0.05, 0.1) is 11.4 Å². The molecule has 1 atom stereocenters. The zero-order valence-corrected chi connectivity index (χ0v) is 21.4. The number of pyridine rings is 2. The van der Waals surface area contributed by atoms with Gasteiger partial charge in [0.2, 0.25) is 4.96 Å². The summed E-state index contributed by atoms with van der Waals surface area (Å²) in [6, 6.07) is 2.26. The topological polar surface area (TPSA) is 85.5 Å². The van der Waals surface area contributed by atoms with E-state index in [4.69, 9.17) is 16.3 Å². The Labute approximate surface area is 222 Å². The summed E-state index contributed by atoms with van der Waals surface area (Å²) in [4.78, 5) is 27.9. The predicted octanol–water partition coefficient (Wildman–Crippen LogP) is 5.13. The number of amides is 1. The zero-order valence-electron chi connectivity index (χ0n) is 19.8. The first-order valence-electron chi connectivity index (χ1n) is 11.8. The van der Waals surface area contributed by atoms with Gasteiger partial charge in [-0.2, -0.15) is 18.3 Å². The molecule has 6 rings (SSSR count). The SMILES string of the molecule is Cc1nn2c3c(nc2s1)CCN(C(=O)COc1ccc(C(F)(F)F)nc1Cl)C3c1ncc(C2CC2)cc1F. The Hall–Kier alpha value is -3.32. The van der Waals surface area contributed by atoms with Crippen molar-refractivity contribution in [1.29, 1.82) is 0 Å². The zero-order chi connectivity index (χ0) is 26.8. The van der Waals surface area contributed by atoms with Crippen LogP contribution in [0.25, 0.3) is 4.96 Å². The van der Waals surface area contributed by atoms with Crippen molar-refractivity contribution in [2.45, 2.75) is 44.3 Å². The summed E-state index contributed by atoms with van der Waals surface area (Å²) < 4.78 is 61.3. The van der Waals surface area contributed by atoms with Crippen molar-refractivity contribution < 1.29 is 27.1 Å². The van der Waals surface area contributed by atoms with Crippen LogP contribution in [0.15, 0.2) is 24.4 Å². The molecule has 0 N–H and O–H groups in total. The number of nitrogens with zero attached hydrogens (tertiary/aromatic N) is 6. The van der Waals surface area contributed by atoms with Gasteiger partial charge in [-0.1, -0.05) is 22.9 Å². The Morgan fingerprint density at radius 1 is 1.26 bits per heavy atom. The minimum Gasteiger partial charge on any atom is -0.481 e. The van der Waals surface area contributed by atoms with Crippen molar-refractivity contribution in [1.82, 2.24) is 29.5 Å². The lowest BCUT2D eigenvalue weighted by molar-refractivity contribution is -0.141. The van der Waals surface area contributed by atoms with Gasteiger partial charge in [-0.3, -0.25) is 9.78 Å². The Morgan fingerprint density at radius 3 is 2.74 bits per heavy atom. The van der Waals surface area contributed by atoms with Crippen molar-refractivity contribution >= 4 is 33.8 Å². The monoisotopic (exact) mass is 566 g/mol. The second-order valence-corrected chi connectivity index (χ2v) is 10.7. The Kier molecular flexibility index (Phi) is 6.02. The first-order chi connectivity index (χ1) is 18.1. The molecule has 0 bridgehead atoms. The molecule has 14 heteroatoms. The summed E-state index contributed by atoms with van der Waals surface area (Å²) in [5.74, 6) is -0.958. The Morgan fingerprint density at radius 2 is 2.05 bits per heavy atom. The number of ether oxygens (including phenoxy) is 1. The lowest BCUT2D eigenvalue weighted by Crippen LogP contribution is -2.44. The number of fused-ring (bicyclic) bond motifs is 3. The summed E-state index contributed by atoms with van der Waals surface area (Å²) >= 11 is 7.26. The highest BCUT2D eigenvalue weighted by molar-refractivity contribution is 7.16. The molecular weight excluding hydrogens is 548 g/mol. The van der Waals surface area contributed by atoms with Crippen LogP contribution < -0.4 is 4.74 Å². The van der Waals surface area contributed by atoms with E-state index in [1.54, 1.807) is 10.7 Å². The number of hydrogen-bond acceptors (Lipinski definition) is 7. The molecule has 2 aliphatic rings. The first-order valence-corrected chi connectivity index (χ1v) is 13.0. The van der Waals surface area contributed by atoms with Gasteiger partial charge >= 0.3 is 6.18 Å². The van der Waals surface area contributed by atoms with E-state index >= 15 is 4.39 Å². The highest BCUT2D eigenvalue weighted by Crippen LogP contribution is 2.42. The molecule has 198 valence electrons. The molecule has 1 unspecified atom stereocenters. The molecule has 1 saturated carbocycles. The normalized spacial score (nSPS) is 17.6. The molecule has 1 aliphatic heterocycles. The lowest BCUT2D eigenvalue weighted by atomic mass is 9.98. The third-order valence-corrected chi connectivity index (χ3v) is 7.65. The molecule has 8 nitrogen and oxygen atoms in total. The van der Waals surface area contributed by atoms with Crippen LogP contribution in [0, 0.1) is 12.7 Å². The van der Waals surface area contributed by atoms with E-state index in [0.29, 0.717) is 28.7 Å². The molecular formula is C24H19ClF4N6O2S. The van der Waals surface area contributed by atoms with Gasteiger partial charge in [-0.05, 0) is 49.4 Å². The highest BCUT2D eigenvalue weighted by atomic mass is 35.5. The number of aryl methyl sites for hydroxylation is 1. The van der Waals surface area contributed by atoms with Gasteiger partial charge in [0, 0.05) is 19.2 Å². The summed E-state index contributed by atoms with van der Waals surface area (Å²) in [6.45, 7) is 1.47. The third kappa shape index (κ3) is 4.47. The molecule has 0 radical (unpaired) electrons. The number of imidazole rings is 1. The average molecular weight is 567 g/mol. The fraction of sp³-hybridized carbons (Fsp3) is 0.375. The van der Waals surface area contributed by atoms with E-state index in [2.05, 4.69) is 20.1 Å². The maximum Gasteiger partial charge on any atom is 0.433 e. The first kappa shape index (κ1) is 25.0. The number of alkyl halides is 3. The number of carbonyl (C=O) groups excluding carboxylic acids is 1. The van der Waals surface area contributed by atoms with Crippen LogP contribution in [0.4, 0.5) is 17.6 Å². The van der Waals surface area contributed by atoms with Gasteiger partial charge in [-0.15, -0.1) is 0 Å². The molecule has 0 spiro atoms. The molecule has 0 aromatic carbocycles. The van der Waals surface area contributed by atoms with E-state index in [9.17, 15) is 18.0 Å². The lowest BCUT2D eigenvalue weighted by Gasteiger charge is -2.35. The number of rotatable bonds is 5. The van der Waals surface area contributed by atoms with Crippen LogP contribution in [0.1, 0.15) is 58.1 Å². The van der Waals surface area contributed by atoms with Gasteiger partial charge < -0.3 is 9.64 Å². The molecule has 0 saturated heterocycles. The predicted molar refractivity (Wildman–Crippen MR) is 129 cm³/mol. The standard InChI is InChI=1S/C24H19ClF4N6O2S/c1-11-33-35-20-15(31-23(35)38-11)6-7-34(21(20)19-14(26)8-13(9-30-19)12-2-3-12)18(36)10-37-16-4-5-17(24(27,28)29)32-22(16)25/h4-5,8-9,12,21H,2-3,6-7,10H2,1H3. The molecule has 4 aromatic heterocycles. The van der Waals surface area contributed by atoms with E-state index in [1.807, 2.05) is 6.92 Å². The second kappa shape index (κ2) is 9.16. The van der Waals surface area contributed by atoms with Crippen LogP contribution in [0.3, 0.4) is 0 Å². The number of carbonyl (C=O) groups is 1. The van der Waals surface area contributed by atoms with E-state index in [1.165, 1.54) is 22.3 Å². The largest absolute Gasteiger partial charge is 0.481 e. The minimum absolute atomic E-state index is 0.0605. The molecule has 1 fully saturated rings. The van der Waals surface area contributed by atoms with Crippen LogP contribution in [0.5, 0.6) is 5.75 Å². The molecule has 1 aliphatic carbocycles. The minimum atomic E-state index is -4.67. The van der Waals surface area contributed by atoms with Crippen molar-refractivity contribution in [3.63, 3.8) is 0 Å². The smallest absolute Gasteiger partial charge is 0.433 e. The summed E-state index contributed by atoms with van der Waals surface area (Å²) in [7, 11) is 0. The maximum absolute atomic E-state index is 15.5. The average Bonchev–Trinajstić information content (AvgIpc) is 3.57. The fourth-order valence-corrected chi connectivity index (χ4v) is 5.60. The molecule has 4 aromatic rings. The van der Waals surface area contributed by atoms with Crippen LogP contribution in [-0.4, -0.2) is 48.5 Å². The van der Waals surface area contributed by atoms with Crippen molar-refractivity contribution in [3.8, 4) is 5.75 Å². The fourth-order valence-electron chi connectivity index (χ4n) is 4.62. The number of halogens is 5. The van der Waals surface area contributed by atoms with Crippen molar-refractivity contribution in [2.75, 3.05) is 13.2 Å². The second-order valence-electron chi connectivity index (χ2n) is 9.18. The quantitative estimate of drug-likeness (QED) is 0.246. The highest BCUT2D eigenvalue weighted by Gasteiger charge is 2.40. The van der Waals surface area contributed by atoms with E-state index < -0.39 is 41.4 Å². The van der Waals surface area contributed by atoms with Gasteiger partial charge in [-0.25, -0.2) is 18.9 Å². The Bertz CT molecular complexity index is 1570. The van der Waals surface area contributed by atoms with Crippen LogP contribution >= 0.6 is 22.9 Å². The van der Waals surface area contributed by atoms with E-state index in [-0.39, 0.29) is 18.0 Å². The maximum atomic E-state index is 15.5. The number of aromatic nitrogens is 5. The van der Waals surface area contributed by atoms with Gasteiger partial charge in [0.15, 0.2) is 17.5 Å². The summed E-state index contributed by atoms with van der Waals surface area (Å²) in [5.41, 5.74) is 0.940. The summed E-state index contributed by atoms with van der Waals surface area (Å²) in [5, 5.41) is 4.74. The number of hydrogen-bond donors (Lipinski definition) is 0. The van der Waals surface area contributed by atoms with Gasteiger partial charge in [0.1, 0.15) is 28.3 Å². The van der Waals surface area contributed by atoms with Crippen molar-refractivity contribution in [2.24, 2.45) is 0 Å². The Balaban J connectivity index is 1.33. The van der Waals surface area contributed by atoms with Crippen LogP contribution in [0.2, 0.25) is 5.15 Å². The van der Waals surface area contributed by atoms with Crippen LogP contribution in [-0.2, 0) is 17.4 Å². The summed E-state index contributed by atoms with van der Waals surface area (Å²) in [6.07, 6.45) is -0.663. The van der Waals surface area contributed by atoms with E-state index in [0.717, 1.165) is 35.5 Å². The molecule has 38 heavy (non-hydrogen) atoms. The third-order valence-electron chi connectivity index (χ3n) is 6.55.